The molecule has 8 heteroatoms. The van der Waals surface area contributed by atoms with Crippen LogP contribution in [0.15, 0.2) is 36.7 Å². The van der Waals surface area contributed by atoms with Crippen molar-refractivity contribution < 1.29 is 13.9 Å². The van der Waals surface area contributed by atoms with E-state index in [1.807, 2.05) is 0 Å². The number of para-hydroxylation sites is 1. The van der Waals surface area contributed by atoms with Crippen molar-refractivity contribution in [2.24, 2.45) is 5.92 Å². The standard InChI is InChI=1S/C20H20ClFN4O2/c1-27-17-10-23-9-15-18(17)19(25-20(21)24-15)26-8-4-5-13(11-26)12-28-16-7-3-2-6-14(16)22/h2-3,6-7,9-10,13H,4-5,8,11-12H2,1H3/t13-/m1/s1. The number of anilines is 1. The summed E-state index contributed by atoms with van der Waals surface area (Å²) in [6.07, 6.45) is 5.27. The molecule has 1 aromatic carbocycles. The molecule has 0 N–H and O–H groups in total. The molecule has 0 aliphatic carbocycles. The van der Waals surface area contributed by atoms with Crippen LogP contribution in [0.1, 0.15) is 12.8 Å². The maximum atomic E-state index is 13.8. The molecule has 28 heavy (non-hydrogen) atoms. The zero-order valence-corrected chi connectivity index (χ0v) is 16.2. The van der Waals surface area contributed by atoms with Gasteiger partial charge in [0.05, 0.1) is 37.0 Å². The lowest BCUT2D eigenvalue weighted by Gasteiger charge is -2.34. The van der Waals surface area contributed by atoms with Crippen molar-refractivity contribution in [1.29, 1.82) is 0 Å². The largest absolute Gasteiger partial charge is 0.494 e. The Morgan fingerprint density at radius 1 is 1.21 bits per heavy atom. The molecule has 0 unspecified atom stereocenters. The summed E-state index contributed by atoms with van der Waals surface area (Å²) in [4.78, 5) is 15.0. The Morgan fingerprint density at radius 2 is 2.07 bits per heavy atom. The minimum Gasteiger partial charge on any atom is -0.494 e. The van der Waals surface area contributed by atoms with Gasteiger partial charge in [0, 0.05) is 19.0 Å². The Balaban J connectivity index is 1.57. The highest BCUT2D eigenvalue weighted by Gasteiger charge is 2.25. The molecule has 3 aromatic rings. The first kappa shape index (κ1) is 18.7. The van der Waals surface area contributed by atoms with Crippen LogP contribution in [-0.4, -0.2) is 41.8 Å². The van der Waals surface area contributed by atoms with Gasteiger partial charge in [0.15, 0.2) is 11.6 Å². The summed E-state index contributed by atoms with van der Waals surface area (Å²) in [6, 6.07) is 6.46. The SMILES string of the molecule is COc1cncc2nc(Cl)nc(N3CCC[C@@H](COc4ccccc4F)C3)c12. The maximum Gasteiger partial charge on any atom is 0.224 e. The van der Waals surface area contributed by atoms with Crippen LogP contribution >= 0.6 is 11.6 Å². The summed E-state index contributed by atoms with van der Waals surface area (Å²) in [7, 11) is 1.59. The molecule has 146 valence electrons. The first-order valence-electron chi connectivity index (χ1n) is 9.13. The van der Waals surface area contributed by atoms with Gasteiger partial charge in [-0.25, -0.2) is 9.37 Å². The minimum atomic E-state index is -0.346. The Morgan fingerprint density at radius 3 is 2.89 bits per heavy atom. The molecule has 0 bridgehead atoms. The van der Waals surface area contributed by atoms with Crippen LogP contribution < -0.4 is 14.4 Å². The number of pyridine rings is 1. The number of hydrogen-bond donors (Lipinski definition) is 0. The third-order valence-electron chi connectivity index (χ3n) is 4.88. The average Bonchev–Trinajstić information content (AvgIpc) is 2.72. The molecule has 1 aliphatic rings. The van der Waals surface area contributed by atoms with E-state index in [0.717, 1.165) is 37.1 Å². The number of nitrogens with zero attached hydrogens (tertiary/aromatic N) is 4. The molecule has 0 amide bonds. The molecule has 0 saturated carbocycles. The van der Waals surface area contributed by atoms with E-state index in [0.29, 0.717) is 17.9 Å². The second kappa shape index (κ2) is 8.14. The molecule has 1 fully saturated rings. The normalized spacial score (nSPS) is 17.0. The van der Waals surface area contributed by atoms with Gasteiger partial charge >= 0.3 is 0 Å². The number of hydrogen-bond acceptors (Lipinski definition) is 6. The quantitative estimate of drug-likeness (QED) is 0.598. The number of methoxy groups -OCH3 is 1. The van der Waals surface area contributed by atoms with Crippen LogP contribution in [0.2, 0.25) is 5.28 Å². The van der Waals surface area contributed by atoms with E-state index >= 15 is 0 Å². The molecule has 6 nitrogen and oxygen atoms in total. The summed E-state index contributed by atoms with van der Waals surface area (Å²) in [5, 5.41) is 0.958. The predicted molar refractivity (Wildman–Crippen MR) is 106 cm³/mol. The van der Waals surface area contributed by atoms with Crippen molar-refractivity contribution in [3.8, 4) is 11.5 Å². The third-order valence-corrected chi connectivity index (χ3v) is 5.04. The summed E-state index contributed by atoms with van der Waals surface area (Å²) in [5.74, 6) is 1.51. The topological polar surface area (TPSA) is 60.4 Å². The summed E-state index contributed by atoms with van der Waals surface area (Å²) < 4.78 is 25.0. The Labute approximate surface area is 167 Å². The molecule has 1 saturated heterocycles. The zero-order chi connectivity index (χ0) is 19.5. The van der Waals surface area contributed by atoms with Gasteiger partial charge in [-0.3, -0.25) is 4.98 Å². The summed E-state index contributed by atoms with van der Waals surface area (Å²) in [6.45, 7) is 2.00. The molecule has 3 heterocycles. The number of benzene rings is 1. The highest BCUT2D eigenvalue weighted by Crippen LogP contribution is 2.34. The molecular formula is C20H20ClFN4O2. The van der Waals surface area contributed by atoms with Crippen LogP contribution in [0.4, 0.5) is 10.2 Å². The lowest BCUT2D eigenvalue weighted by Crippen LogP contribution is -2.38. The van der Waals surface area contributed by atoms with Gasteiger partial charge in [-0.1, -0.05) is 12.1 Å². The third kappa shape index (κ3) is 3.80. The fourth-order valence-corrected chi connectivity index (χ4v) is 3.73. The van der Waals surface area contributed by atoms with E-state index in [4.69, 9.17) is 21.1 Å². The Hall–Kier alpha value is -2.67. The summed E-state index contributed by atoms with van der Waals surface area (Å²) in [5.41, 5.74) is 0.638. The monoisotopic (exact) mass is 402 g/mol. The second-order valence-corrected chi connectivity index (χ2v) is 7.09. The highest BCUT2D eigenvalue weighted by atomic mass is 35.5. The molecule has 1 atom stereocenters. The van der Waals surface area contributed by atoms with Gasteiger partial charge in [0.25, 0.3) is 0 Å². The van der Waals surface area contributed by atoms with Crippen molar-refractivity contribution in [2.45, 2.75) is 12.8 Å². The van der Waals surface area contributed by atoms with Crippen molar-refractivity contribution >= 4 is 28.3 Å². The second-order valence-electron chi connectivity index (χ2n) is 6.75. The van der Waals surface area contributed by atoms with Crippen LogP contribution in [0.25, 0.3) is 10.9 Å². The first-order valence-corrected chi connectivity index (χ1v) is 9.51. The number of aromatic nitrogens is 3. The number of fused-ring (bicyclic) bond motifs is 1. The zero-order valence-electron chi connectivity index (χ0n) is 15.4. The molecule has 4 rings (SSSR count). The Bertz CT molecular complexity index is 988. The van der Waals surface area contributed by atoms with E-state index < -0.39 is 0 Å². The lowest BCUT2D eigenvalue weighted by molar-refractivity contribution is 0.221. The van der Waals surface area contributed by atoms with Crippen molar-refractivity contribution in [3.05, 3.63) is 47.8 Å². The predicted octanol–water partition coefficient (Wildman–Crippen LogP) is 4.12. The van der Waals surface area contributed by atoms with Crippen molar-refractivity contribution in [2.75, 3.05) is 31.7 Å². The van der Waals surface area contributed by atoms with Crippen LogP contribution in [-0.2, 0) is 0 Å². The minimum absolute atomic E-state index is 0.169. The van der Waals surface area contributed by atoms with Gasteiger partial charge in [0.1, 0.15) is 11.6 Å². The first-order chi connectivity index (χ1) is 13.7. The van der Waals surface area contributed by atoms with Gasteiger partial charge < -0.3 is 14.4 Å². The fraction of sp³-hybridized carbons (Fsp3) is 0.350. The number of halogens is 2. The smallest absolute Gasteiger partial charge is 0.224 e. The number of rotatable bonds is 5. The van der Waals surface area contributed by atoms with E-state index in [9.17, 15) is 4.39 Å². The molecule has 0 radical (unpaired) electrons. The molecule has 2 aromatic heterocycles. The van der Waals surface area contributed by atoms with E-state index in [-0.39, 0.29) is 22.8 Å². The number of piperidine rings is 1. The van der Waals surface area contributed by atoms with E-state index in [2.05, 4.69) is 19.9 Å². The number of ether oxygens (including phenoxy) is 2. The highest BCUT2D eigenvalue weighted by molar-refractivity contribution is 6.29. The maximum absolute atomic E-state index is 13.8. The van der Waals surface area contributed by atoms with Gasteiger partial charge in [0.2, 0.25) is 5.28 Å². The molecule has 0 spiro atoms. The Kier molecular flexibility index (Phi) is 5.43. The lowest BCUT2D eigenvalue weighted by atomic mass is 9.98. The van der Waals surface area contributed by atoms with E-state index in [1.165, 1.54) is 6.07 Å². The molecular weight excluding hydrogens is 383 g/mol. The van der Waals surface area contributed by atoms with E-state index in [1.54, 1.807) is 37.7 Å². The van der Waals surface area contributed by atoms with Crippen LogP contribution in [0.5, 0.6) is 11.5 Å². The fourth-order valence-electron chi connectivity index (χ4n) is 3.55. The van der Waals surface area contributed by atoms with Crippen molar-refractivity contribution in [3.63, 3.8) is 0 Å². The van der Waals surface area contributed by atoms with Crippen LogP contribution in [0.3, 0.4) is 0 Å². The van der Waals surface area contributed by atoms with Crippen molar-refractivity contribution in [1.82, 2.24) is 15.0 Å². The average molecular weight is 403 g/mol. The van der Waals surface area contributed by atoms with Gasteiger partial charge in [-0.2, -0.15) is 4.98 Å². The summed E-state index contributed by atoms with van der Waals surface area (Å²) >= 11 is 6.15. The van der Waals surface area contributed by atoms with Gasteiger partial charge in [-0.15, -0.1) is 0 Å². The molecule has 1 aliphatic heterocycles. The van der Waals surface area contributed by atoms with Gasteiger partial charge in [-0.05, 0) is 36.6 Å². The van der Waals surface area contributed by atoms with Crippen LogP contribution in [0, 0.1) is 11.7 Å².